The van der Waals surface area contributed by atoms with Crippen LogP contribution in [0.1, 0.15) is 19.3 Å². The van der Waals surface area contributed by atoms with Crippen LogP contribution in [0.2, 0.25) is 0 Å². The highest BCUT2D eigenvalue weighted by atomic mass is 16.5. The molecule has 1 aliphatic heterocycles. The predicted molar refractivity (Wildman–Crippen MR) is 55.3 cm³/mol. The molecular formula is C10H18N2O3. The summed E-state index contributed by atoms with van der Waals surface area (Å²) in [6.45, 7) is 1.21. The minimum atomic E-state index is -0.269. The molecule has 1 rings (SSSR count). The minimum Gasteiger partial charge on any atom is -0.469 e. The van der Waals surface area contributed by atoms with Gasteiger partial charge >= 0.3 is 5.97 Å². The lowest BCUT2D eigenvalue weighted by Crippen LogP contribution is -2.50. The molecule has 0 radical (unpaired) electrons. The van der Waals surface area contributed by atoms with Crippen molar-refractivity contribution in [3.63, 3.8) is 0 Å². The van der Waals surface area contributed by atoms with E-state index in [0.29, 0.717) is 6.54 Å². The molecule has 1 fully saturated rings. The maximum absolute atomic E-state index is 11.8. The normalized spacial score (nSPS) is 21.6. The average molecular weight is 214 g/mol. The molecule has 0 aromatic rings. The number of likely N-dealkylation sites (N-methyl/N-ethyl adjacent to an activating group) is 1. The van der Waals surface area contributed by atoms with E-state index < -0.39 is 0 Å². The van der Waals surface area contributed by atoms with Crippen LogP contribution < -0.4 is 5.32 Å². The smallest absolute Gasteiger partial charge is 0.307 e. The molecule has 1 N–H and O–H groups in total. The third kappa shape index (κ3) is 3.20. The number of ether oxygens (including phenoxy) is 1. The van der Waals surface area contributed by atoms with E-state index in [1.54, 1.807) is 11.9 Å². The third-order valence-electron chi connectivity index (χ3n) is 2.69. The van der Waals surface area contributed by atoms with Crippen LogP contribution in [0, 0.1) is 0 Å². The number of piperidine rings is 1. The van der Waals surface area contributed by atoms with Gasteiger partial charge in [0, 0.05) is 13.1 Å². The van der Waals surface area contributed by atoms with Crippen LogP contribution in [0.3, 0.4) is 0 Å². The highest BCUT2D eigenvalue weighted by Crippen LogP contribution is 2.11. The molecule has 1 unspecified atom stereocenters. The van der Waals surface area contributed by atoms with Gasteiger partial charge in [-0.2, -0.15) is 0 Å². The first-order valence-electron chi connectivity index (χ1n) is 5.22. The Labute approximate surface area is 89.8 Å². The van der Waals surface area contributed by atoms with Gasteiger partial charge in [0.05, 0.1) is 19.6 Å². The van der Waals surface area contributed by atoms with Gasteiger partial charge in [-0.15, -0.1) is 0 Å². The van der Waals surface area contributed by atoms with Crippen LogP contribution in [0.25, 0.3) is 0 Å². The Hall–Kier alpha value is -1.10. The molecule has 1 aliphatic rings. The van der Waals surface area contributed by atoms with E-state index in [1.807, 2.05) is 0 Å². The van der Waals surface area contributed by atoms with Gasteiger partial charge < -0.3 is 15.0 Å². The highest BCUT2D eigenvalue weighted by Gasteiger charge is 2.27. The minimum absolute atomic E-state index is 0.0867. The van der Waals surface area contributed by atoms with Gasteiger partial charge in [-0.05, 0) is 19.9 Å². The third-order valence-corrected chi connectivity index (χ3v) is 2.69. The molecule has 0 aromatic carbocycles. The van der Waals surface area contributed by atoms with Crippen molar-refractivity contribution < 1.29 is 14.3 Å². The number of esters is 1. The number of carbonyl (C=O) groups excluding carboxylic acids is 2. The summed E-state index contributed by atoms with van der Waals surface area (Å²) < 4.78 is 4.54. The van der Waals surface area contributed by atoms with E-state index in [1.165, 1.54) is 7.11 Å². The summed E-state index contributed by atoms with van der Waals surface area (Å²) >= 11 is 0. The number of methoxy groups -OCH3 is 1. The Morgan fingerprint density at radius 3 is 3.00 bits per heavy atom. The monoisotopic (exact) mass is 214 g/mol. The number of nitrogens with one attached hydrogen (secondary N) is 1. The largest absolute Gasteiger partial charge is 0.469 e. The predicted octanol–water partition coefficient (Wildman–Crippen LogP) is -0.240. The lowest BCUT2D eigenvalue weighted by Gasteiger charge is -2.31. The summed E-state index contributed by atoms with van der Waals surface area (Å²) in [4.78, 5) is 24.4. The van der Waals surface area contributed by atoms with Gasteiger partial charge in [0.25, 0.3) is 0 Å². The van der Waals surface area contributed by atoms with E-state index in [4.69, 9.17) is 0 Å². The van der Waals surface area contributed by atoms with Crippen LogP contribution >= 0.6 is 0 Å². The van der Waals surface area contributed by atoms with Gasteiger partial charge in [-0.3, -0.25) is 9.59 Å². The Bertz CT molecular complexity index is 243. The van der Waals surface area contributed by atoms with E-state index >= 15 is 0 Å². The number of hydrogen-bond donors (Lipinski definition) is 1. The van der Waals surface area contributed by atoms with Crippen LogP contribution in [0.15, 0.2) is 0 Å². The number of nitrogens with zero attached hydrogens (tertiary/aromatic N) is 1. The van der Waals surface area contributed by atoms with Crippen LogP contribution in [0.4, 0.5) is 0 Å². The molecule has 0 spiro atoms. The summed E-state index contributed by atoms with van der Waals surface area (Å²) in [5.74, 6) is -0.179. The fourth-order valence-corrected chi connectivity index (χ4v) is 1.76. The number of carbonyl (C=O) groups is 2. The second-order valence-electron chi connectivity index (χ2n) is 3.63. The first kappa shape index (κ1) is 12.0. The lowest BCUT2D eigenvalue weighted by molar-refractivity contribution is -0.142. The zero-order valence-corrected chi connectivity index (χ0v) is 9.28. The van der Waals surface area contributed by atoms with Crippen molar-refractivity contribution in [1.82, 2.24) is 10.2 Å². The van der Waals surface area contributed by atoms with Gasteiger partial charge in [0.1, 0.15) is 0 Å². The second-order valence-corrected chi connectivity index (χ2v) is 3.63. The topological polar surface area (TPSA) is 58.6 Å². The number of amides is 1. The van der Waals surface area contributed by atoms with E-state index in [2.05, 4.69) is 10.1 Å². The van der Waals surface area contributed by atoms with E-state index in [-0.39, 0.29) is 24.3 Å². The Morgan fingerprint density at radius 2 is 2.40 bits per heavy atom. The molecule has 5 nitrogen and oxygen atoms in total. The number of rotatable bonds is 4. The molecule has 0 saturated carbocycles. The maximum atomic E-state index is 11.8. The lowest BCUT2D eigenvalue weighted by atomic mass is 10.0. The quantitative estimate of drug-likeness (QED) is 0.656. The highest BCUT2D eigenvalue weighted by molar-refractivity contribution is 5.83. The fourth-order valence-electron chi connectivity index (χ4n) is 1.76. The van der Waals surface area contributed by atoms with Crippen molar-refractivity contribution in [2.45, 2.75) is 25.3 Å². The first-order chi connectivity index (χ1) is 7.19. The molecule has 0 aromatic heterocycles. The summed E-state index contributed by atoms with van der Waals surface area (Å²) in [6.07, 6.45) is 2.14. The molecular weight excluding hydrogens is 196 g/mol. The van der Waals surface area contributed by atoms with E-state index in [9.17, 15) is 9.59 Å². The van der Waals surface area contributed by atoms with Crippen molar-refractivity contribution in [2.75, 3.05) is 27.2 Å². The van der Waals surface area contributed by atoms with Crippen LogP contribution in [0.5, 0.6) is 0 Å². The molecule has 15 heavy (non-hydrogen) atoms. The molecule has 5 heteroatoms. The van der Waals surface area contributed by atoms with Crippen molar-refractivity contribution in [2.24, 2.45) is 0 Å². The number of likely N-dealkylation sites (tertiary alicyclic amines) is 1. The zero-order valence-electron chi connectivity index (χ0n) is 9.28. The standard InChI is InChI=1S/C10H18N2O3/c1-11-8-4-3-6-12(10(8)14)7-5-9(13)15-2/h8,11H,3-7H2,1-2H3. The Balaban J connectivity index is 2.40. The summed E-state index contributed by atoms with van der Waals surface area (Å²) in [5.41, 5.74) is 0. The van der Waals surface area contributed by atoms with Gasteiger partial charge in [-0.1, -0.05) is 0 Å². The Morgan fingerprint density at radius 1 is 1.67 bits per heavy atom. The molecule has 1 atom stereocenters. The maximum Gasteiger partial charge on any atom is 0.307 e. The van der Waals surface area contributed by atoms with Gasteiger partial charge in [-0.25, -0.2) is 0 Å². The van der Waals surface area contributed by atoms with E-state index in [0.717, 1.165) is 19.4 Å². The molecule has 0 aliphatic carbocycles. The SMILES string of the molecule is CNC1CCCN(CCC(=O)OC)C1=O. The fraction of sp³-hybridized carbons (Fsp3) is 0.800. The summed E-state index contributed by atoms with van der Waals surface area (Å²) in [7, 11) is 3.14. The molecule has 1 amide bonds. The summed E-state index contributed by atoms with van der Waals surface area (Å²) in [6, 6.07) is -0.0867. The van der Waals surface area contributed by atoms with Crippen molar-refractivity contribution in [3.05, 3.63) is 0 Å². The molecule has 0 bridgehead atoms. The average Bonchev–Trinajstić information content (AvgIpc) is 2.27. The zero-order chi connectivity index (χ0) is 11.3. The first-order valence-corrected chi connectivity index (χ1v) is 5.22. The van der Waals surface area contributed by atoms with Crippen LogP contribution in [-0.4, -0.2) is 50.1 Å². The van der Waals surface area contributed by atoms with Crippen LogP contribution in [-0.2, 0) is 14.3 Å². The second kappa shape index (κ2) is 5.70. The van der Waals surface area contributed by atoms with Crippen molar-refractivity contribution in [1.29, 1.82) is 0 Å². The van der Waals surface area contributed by atoms with Crippen molar-refractivity contribution in [3.8, 4) is 0 Å². The Kier molecular flexibility index (Phi) is 4.55. The van der Waals surface area contributed by atoms with Gasteiger partial charge in [0.15, 0.2) is 0 Å². The van der Waals surface area contributed by atoms with Crippen molar-refractivity contribution >= 4 is 11.9 Å². The summed E-state index contributed by atoms with van der Waals surface area (Å²) in [5, 5.41) is 2.98. The number of hydrogen-bond acceptors (Lipinski definition) is 4. The molecule has 86 valence electrons. The molecule has 1 heterocycles. The molecule has 1 saturated heterocycles. The van der Waals surface area contributed by atoms with Gasteiger partial charge in [0.2, 0.25) is 5.91 Å².